The SMILES string of the molecule is CC(C)(Br)C(=O)N1CC(O)C1. The molecule has 1 rings (SSSR count). The van der Waals surface area contributed by atoms with E-state index in [2.05, 4.69) is 15.9 Å². The second-order valence-corrected chi connectivity index (χ2v) is 5.32. The minimum absolute atomic E-state index is 0.0443. The van der Waals surface area contributed by atoms with E-state index >= 15 is 0 Å². The van der Waals surface area contributed by atoms with Crippen LogP contribution in [0.5, 0.6) is 0 Å². The Bertz CT molecular complexity index is 170. The van der Waals surface area contributed by atoms with E-state index in [1.807, 2.05) is 0 Å². The van der Waals surface area contributed by atoms with Gasteiger partial charge in [-0.1, -0.05) is 15.9 Å². The molecule has 1 aliphatic heterocycles. The molecule has 0 bridgehead atoms. The maximum atomic E-state index is 11.4. The fraction of sp³-hybridized carbons (Fsp3) is 0.857. The number of carbonyl (C=O) groups is 1. The number of hydrogen-bond donors (Lipinski definition) is 1. The summed E-state index contributed by atoms with van der Waals surface area (Å²) in [6, 6.07) is 0. The molecule has 11 heavy (non-hydrogen) atoms. The van der Waals surface area contributed by atoms with Crippen LogP contribution < -0.4 is 0 Å². The molecule has 0 saturated carbocycles. The predicted molar refractivity (Wildman–Crippen MR) is 45.6 cm³/mol. The predicted octanol–water partition coefficient (Wildman–Crippen LogP) is 0.363. The third kappa shape index (κ3) is 1.93. The van der Waals surface area contributed by atoms with Crippen molar-refractivity contribution in [3.63, 3.8) is 0 Å². The van der Waals surface area contributed by atoms with Crippen LogP contribution in [0.2, 0.25) is 0 Å². The first-order valence-corrected chi connectivity index (χ1v) is 4.37. The van der Waals surface area contributed by atoms with Crippen LogP contribution in [-0.4, -0.2) is 39.4 Å². The summed E-state index contributed by atoms with van der Waals surface area (Å²) in [4.78, 5) is 13.0. The minimum Gasteiger partial charge on any atom is -0.389 e. The van der Waals surface area contributed by atoms with Gasteiger partial charge in [0.05, 0.1) is 10.4 Å². The van der Waals surface area contributed by atoms with E-state index in [1.165, 1.54) is 0 Å². The van der Waals surface area contributed by atoms with Gasteiger partial charge < -0.3 is 10.0 Å². The molecule has 1 amide bonds. The highest BCUT2D eigenvalue weighted by molar-refractivity contribution is 9.10. The lowest BCUT2D eigenvalue weighted by molar-refractivity contribution is -0.142. The quantitative estimate of drug-likeness (QED) is 0.651. The number of amides is 1. The highest BCUT2D eigenvalue weighted by Crippen LogP contribution is 2.22. The Hall–Kier alpha value is -0.0900. The van der Waals surface area contributed by atoms with Gasteiger partial charge in [0, 0.05) is 13.1 Å². The third-order valence-electron chi connectivity index (χ3n) is 1.66. The first kappa shape index (κ1) is 9.00. The van der Waals surface area contributed by atoms with Gasteiger partial charge in [-0.25, -0.2) is 0 Å². The highest BCUT2D eigenvalue weighted by Gasteiger charge is 2.36. The van der Waals surface area contributed by atoms with Crippen molar-refractivity contribution in [2.45, 2.75) is 24.3 Å². The molecule has 1 aliphatic rings. The van der Waals surface area contributed by atoms with Crippen LogP contribution in [0, 0.1) is 0 Å². The van der Waals surface area contributed by atoms with Gasteiger partial charge in [-0.3, -0.25) is 4.79 Å². The van der Waals surface area contributed by atoms with Crippen molar-refractivity contribution in [1.82, 2.24) is 4.90 Å². The number of carbonyl (C=O) groups excluding carboxylic acids is 1. The number of hydrogen-bond acceptors (Lipinski definition) is 2. The molecule has 0 spiro atoms. The van der Waals surface area contributed by atoms with Crippen LogP contribution in [0.25, 0.3) is 0 Å². The average Bonchev–Trinajstić information content (AvgIpc) is 1.77. The molecule has 0 aliphatic carbocycles. The second-order valence-electron chi connectivity index (χ2n) is 3.34. The van der Waals surface area contributed by atoms with Crippen LogP contribution in [0.3, 0.4) is 0 Å². The molecule has 3 nitrogen and oxygen atoms in total. The number of halogens is 1. The zero-order valence-electron chi connectivity index (χ0n) is 6.67. The Morgan fingerprint density at radius 3 is 2.36 bits per heavy atom. The Morgan fingerprint density at radius 1 is 1.64 bits per heavy atom. The normalized spacial score (nSPS) is 19.8. The van der Waals surface area contributed by atoms with Gasteiger partial charge in [-0.2, -0.15) is 0 Å². The number of aliphatic hydroxyl groups excluding tert-OH is 1. The summed E-state index contributed by atoms with van der Waals surface area (Å²) in [6.45, 7) is 4.57. The van der Waals surface area contributed by atoms with E-state index in [4.69, 9.17) is 5.11 Å². The maximum Gasteiger partial charge on any atom is 0.239 e. The molecule has 0 aromatic carbocycles. The van der Waals surface area contributed by atoms with E-state index < -0.39 is 4.32 Å². The van der Waals surface area contributed by atoms with Crippen LogP contribution >= 0.6 is 15.9 Å². The number of rotatable bonds is 1. The first-order valence-electron chi connectivity index (χ1n) is 3.57. The lowest BCUT2D eigenvalue weighted by atomic mass is 10.1. The number of aliphatic hydroxyl groups is 1. The summed E-state index contributed by atoms with van der Waals surface area (Å²) in [6.07, 6.45) is -0.311. The van der Waals surface area contributed by atoms with Crippen LogP contribution in [0.4, 0.5) is 0 Å². The van der Waals surface area contributed by atoms with Crippen molar-refractivity contribution in [2.75, 3.05) is 13.1 Å². The number of likely N-dealkylation sites (tertiary alicyclic amines) is 1. The number of nitrogens with zero attached hydrogens (tertiary/aromatic N) is 1. The van der Waals surface area contributed by atoms with Gasteiger partial charge in [-0.05, 0) is 13.8 Å². The molecular formula is C7H12BrNO2. The van der Waals surface area contributed by atoms with Gasteiger partial charge in [0.2, 0.25) is 5.91 Å². The molecule has 1 fully saturated rings. The van der Waals surface area contributed by atoms with E-state index in [9.17, 15) is 4.79 Å². The van der Waals surface area contributed by atoms with Crippen molar-refractivity contribution in [1.29, 1.82) is 0 Å². The Balaban J connectivity index is 2.45. The molecule has 1 N–H and O–H groups in total. The first-order chi connectivity index (χ1) is 4.91. The zero-order valence-corrected chi connectivity index (χ0v) is 8.26. The average molecular weight is 222 g/mol. The molecule has 0 aromatic rings. The fourth-order valence-electron chi connectivity index (χ4n) is 0.997. The maximum absolute atomic E-state index is 11.4. The molecule has 1 heterocycles. The number of alkyl halides is 1. The van der Waals surface area contributed by atoms with Gasteiger partial charge in [0.1, 0.15) is 0 Å². The molecule has 1 saturated heterocycles. The molecular weight excluding hydrogens is 210 g/mol. The Kier molecular flexibility index (Phi) is 2.25. The van der Waals surface area contributed by atoms with Crippen LogP contribution in [0.15, 0.2) is 0 Å². The number of β-amino-alcohol motifs (C(OH)–C–C–N with tert-alkyl or cyclic N) is 1. The Labute approximate surface area is 74.5 Å². The smallest absolute Gasteiger partial charge is 0.239 e. The zero-order chi connectivity index (χ0) is 8.65. The van der Waals surface area contributed by atoms with E-state index in [-0.39, 0.29) is 12.0 Å². The van der Waals surface area contributed by atoms with E-state index in [0.29, 0.717) is 13.1 Å². The molecule has 0 radical (unpaired) electrons. The van der Waals surface area contributed by atoms with Crippen LogP contribution in [-0.2, 0) is 4.79 Å². The molecule has 0 unspecified atom stereocenters. The minimum atomic E-state index is -0.493. The topological polar surface area (TPSA) is 40.5 Å². The molecule has 0 atom stereocenters. The standard InChI is InChI=1S/C7H12BrNO2/c1-7(2,8)6(11)9-3-5(10)4-9/h5,10H,3-4H2,1-2H3. The van der Waals surface area contributed by atoms with Crippen LogP contribution in [0.1, 0.15) is 13.8 Å². The van der Waals surface area contributed by atoms with Gasteiger partial charge in [0.25, 0.3) is 0 Å². The summed E-state index contributed by atoms with van der Waals surface area (Å²) in [7, 11) is 0. The monoisotopic (exact) mass is 221 g/mol. The Morgan fingerprint density at radius 2 is 2.09 bits per heavy atom. The van der Waals surface area contributed by atoms with Gasteiger partial charge in [-0.15, -0.1) is 0 Å². The molecule has 0 aromatic heterocycles. The van der Waals surface area contributed by atoms with Crippen molar-refractivity contribution >= 4 is 21.8 Å². The van der Waals surface area contributed by atoms with E-state index in [0.717, 1.165) is 0 Å². The van der Waals surface area contributed by atoms with Crippen molar-refractivity contribution in [3.8, 4) is 0 Å². The van der Waals surface area contributed by atoms with Gasteiger partial charge in [0.15, 0.2) is 0 Å². The summed E-state index contributed by atoms with van der Waals surface area (Å²) >= 11 is 3.27. The fourth-order valence-corrected chi connectivity index (χ4v) is 1.25. The van der Waals surface area contributed by atoms with E-state index in [1.54, 1.807) is 18.7 Å². The molecule has 64 valence electrons. The summed E-state index contributed by atoms with van der Waals surface area (Å²) in [5.41, 5.74) is 0. The lowest BCUT2D eigenvalue weighted by Gasteiger charge is -2.38. The summed E-state index contributed by atoms with van der Waals surface area (Å²) in [5, 5.41) is 8.92. The largest absolute Gasteiger partial charge is 0.389 e. The van der Waals surface area contributed by atoms with Gasteiger partial charge >= 0.3 is 0 Å². The highest BCUT2D eigenvalue weighted by atomic mass is 79.9. The second kappa shape index (κ2) is 2.75. The third-order valence-corrected chi connectivity index (χ3v) is 2.00. The lowest BCUT2D eigenvalue weighted by Crippen LogP contribution is -2.57. The summed E-state index contributed by atoms with van der Waals surface area (Å²) in [5.74, 6) is 0.0443. The molecule has 4 heteroatoms. The summed E-state index contributed by atoms with van der Waals surface area (Å²) < 4.78 is -0.493. The van der Waals surface area contributed by atoms with Crippen molar-refractivity contribution < 1.29 is 9.90 Å². The van der Waals surface area contributed by atoms with Crippen molar-refractivity contribution in [2.24, 2.45) is 0 Å². The van der Waals surface area contributed by atoms with Crippen molar-refractivity contribution in [3.05, 3.63) is 0 Å².